The summed E-state index contributed by atoms with van der Waals surface area (Å²) in [5.74, 6) is 0. The standard InChI is InChI=1S/C18H15P/c19-17-13-7-12-16(14-8-3-1-4-9-14)18(17)15-10-5-2-6-11-15/h1-13H,19H2. The van der Waals surface area contributed by atoms with Crippen molar-refractivity contribution in [2.45, 2.75) is 0 Å². The Hall–Kier alpha value is -1.91. The molecule has 1 atom stereocenters. The summed E-state index contributed by atoms with van der Waals surface area (Å²) in [6.45, 7) is 0. The van der Waals surface area contributed by atoms with E-state index in [1.165, 1.54) is 27.6 Å². The number of benzene rings is 3. The van der Waals surface area contributed by atoms with E-state index in [9.17, 15) is 0 Å². The monoisotopic (exact) mass is 262 g/mol. The highest BCUT2D eigenvalue weighted by molar-refractivity contribution is 7.28. The Morgan fingerprint density at radius 3 is 1.74 bits per heavy atom. The van der Waals surface area contributed by atoms with Gasteiger partial charge in [-0.2, -0.15) is 0 Å². The van der Waals surface area contributed by atoms with E-state index in [0.29, 0.717) is 0 Å². The Labute approximate surface area is 116 Å². The molecule has 0 aromatic heterocycles. The zero-order valence-corrected chi connectivity index (χ0v) is 11.7. The van der Waals surface area contributed by atoms with Crippen LogP contribution in [0.5, 0.6) is 0 Å². The number of rotatable bonds is 2. The van der Waals surface area contributed by atoms with Gasteiger partial charge >= 0.3 is 0 Å². The van der Waals surface area contributed by atoms with Crippen molar-refractivity contribution in [3.8, 4) is 22.3 Å². The molecule has 1 unspecified atom stereocenters. The third-order valence-corrected chi connectivity index (χ3v) is 3.73. The second-order valence-electron chi connectivity index (χ2n) is 4.50. The minimum atomic E-state index is 1.23. The fraction of sp³-hybridized carbons (Fsp3) is 0. The van der Waals surface area contributed by atoms with Crippen molar-refractivity contribution < 1.29 is 0 Å². The predicted molar refractivity (Wildman–Crippen MR) is 86.7 cm³/mol. The molecule has 0 nitrogen and oxygen atoms in total. The molecule has 0 fully saturated rings. The third kappa shape index (κ3) is 2.45. The van der Waals surface area contributed by atoms with Crippen LogP contribution in [-0.2, 0) is 0 Å². The Balaban J connectivity index is 2.25. The summed E-state index contributed by atoms with van der Waals surface area (Å²) in [5.41, 5.74) is 5.08. The predicted octanol–water partition coefficient (Wildman–Crippen LogP) is 4.52. The van der Waals surface area contributed by atoms with Crippen LogP contribution in [0.3, 0.4) is 0 Å². The van der Waals surface area contributed by atoms with Gasteiger partial charge in [-0.15, -0.1) is 9.24 Å². The van der Waals surface area contributed by atoms with Crippen molar-refractivity contribution in [1.82, 2.24) is 0 Å². The molecule has 0 heterocycles. The second-order valence-corrected chi connectivity index (χ2v) is 5.12. The molecule has 3 rings (SSSR count). The topological polar surface area (TPSA) is 0 Å². The molecular weight excluding hydrogens is 247 g/mol. The van der Waals surface area contributed by atoms with E-state index in [1.807, 2.05) is 0 Å². The average molecular weight is 262 g/mol. The largest absolute Gasteiger partial charge is 0.105 e. The summed E-state index contributed by atoms with van der Waals surface area (Å²) >= 11 is 0. The first-order chi connectivity index (χ1) is 9.36. The molecule has 0 saturated carbocycles. The summed E-state index contributed by atoms with van der Waals surface area (Å²) in [4.78, 5) is 0. The first-order valence-corrected chi connectivity index (χ1v) is 6.93. The Morgan fingerprint density at radius 1 is 0.526 bits per heavy atom. The molecular formula is C18H15P. The highest BCUT2D eigenvalue weighted by atomic mass is 31.0. The minimum Gasteiger partial charge on any atom is -0.105 e. The molecule has 0 aliphatic carbocycles. The van der Waals surface area contributed by atoms with Gasteiger partial charge in [0.25, 0.3) is 0 Å². The molecule has 19 heavy (non-hydrogen) atoms. The summed E-state index contributed by atoms with van der Waals surface area (Å²) in [5, 5.41) is 1.23. The zero-order valence-electron chi connectivity index (χ0n) is 10.6. The van der Waals surface area contributed by atoms with Gasteiger partial charge in [0, 0.05) is 0 Å². The van der Waals surface area contributed by atoms with Crippen molar-refractivity contribution in [3.63, 3.8) is 0 Å². The number of hydrogen-bond donors (Lipinski definition) is 0. The van der Waals surface area contributed by atoms with E-state index >= 15 is 0 Å². The van der Waals surface area contributed by atoms with Crippen LogP contribution in [0.15, 0.2) is 78.9 Å². The molecule has 1 heteroatoms. The fourth-order valence-electron chi connectivity index (χ4n) is 2.36. The maximum absolute atomic E-state index is 2.84. The number of hydrogen-bond acceptors (Lipinski definition) is 0. The maximum Gasteiger partial charge on any atom is -0.00337 e. The van der Waals surface area contributed by atoms with Crippen LogP contribution in [0.2, 0.25) is 0 Å². The van der Waals surface area contributed by atoms with Crippen LogP contribution in [-0.4, -0.2) is 0 Å². The van der Waals surface area contributed by atoms with E-state index in [2.05, 4.69) is 88.1 Å². The summed E-state index contributed by atoms with van der Waals surface area (Å²) in [7, 11) is 2.84. The lowest BCUT2D eigenvalue weighted by Crippen LogP contribution is -1.99. The van der Waals surface area contributed by atoms with E-state index in [-0.39, 0.29) is 0 Å². The van der Waals surface area contributed by atoms with Gasteiger partial charge in [-0.1, -0.05) is 78.9 Å². The maximum atomic E-state index is 2.84. The van der Waals surface area contributed by atoms with Crippen molar-refractivity contribution >= 4 is 14.5 Å². The average Bonchev–Trinajstić information content (AvgIpc) is 2.49. The van der Waals surface area contributed by atoms with Gasteiger partial charge in [0.05, 0.1) is 0 Å². The lowest BCUT2D eigenvalue weighted by molar-refractivity contribution is 1.60. The van der Waals surface area contributed by atoms with Crippen LogP contribution in [0.1, 0.15) is 0 Å². The SMILES string of the molecule is Pc1cccc(-c2ccccc2)c1-c1ccccc1. The summed E-state index contributed by atoms with van der Waals surface area (Å²) in [6.07, 6.45) is 0. The lowest BCUT2D eigenvalue weighted by atomic mass is 9.94. The Kier molecular flexibility index (Phi) is 3.44. The molecule has 3 aromatic carbocycles. The zero-order chi connectivity index (χ0) is 13.1. The van der Waals surface area contributed by atoms with E-state index < -0.39 is 0 Å². The van der Waals surface area contributed by atoms with Crippen molar-refractivity contribution in [2.75, 3.05) is 0 Å². The third-order valence-electron chi connectivity index (χ3n) is 3.24. The van der Waals surface area contributed by atoms with Crippen LogP contribution in [0.25, 0.3) is 22.3 Å². The van der Waals surface area contributed by atoms with Crippen molar-refractivity contribution in [2.24, 2.45) is 0 Å². The fourth-order valence-corrected chi connectivity index (χ4v) is 2.79. The first-order valence-electron chi connectivity index (χ1n) is 6.35. The van der Waals surface area contributed by atoms with Gasteiger partial charge in [-0.25, -0.2) is 0 Å². The minimum absolute atomic E-state index is 1.23. The molecule has 92 valence electrons. The van der Waals surface area contributed by atoms with E-state index in [1.54, 1.807) is 0 Å². The van der Waals surface area contributed by atoms with Gasteiger partial charge < -0.3 is 0 Å². The molecule has 0 bridgehead atoms. The normalized spacial score (nSPS) is 10.4. The van der Waals surface area contributed by atoms with Gasteiger partial charge in [-0.3, -0.25) is 0 Å². The molecule has 0 saturated heterocycles. The highest BCUT2D eigenvalue weighted by Crippen LogP contribution is 2.31. The molecule has 0 spiro atoms. The van der Waals surface area contributed by atoms with Gasteiger partial charge in [0.1, 0.15) is 0 Å². The second kappa shape index (κ2) is 5.38. The van der Waals surface area contributed by atoms with Gasteiger partial charge in [0.15, 0.2) is 0 Å². The Morgan fingerprint density at radius 2 is 1.11 bits per heavy atom. The highest BCUT2D eigenvalue weighted by Gasteiger charge is 2.09. The van der Waals surface area contributed by atoms with Crippen molar-refractivity contribution in [3.05, 3.63) is 78.9 Å². The molecule has 0 aliphatic heterocycles. The summed E-state index contributed by atoms with van der Waals surface area (Å²) < 4.78 is 0. The first kappa shape index (κ1) is 12.1. The van der Waals surface area contributed by atoms with Crippen LogP contribution in [0.4, 0.5) is 0 Å². The van der Waals surface area contributed by atoms with Crippen LogP contribution >= 0.6 is 9.24 Å². The van der Waals surface area contributed by atoms with E-state index in [4.69, 9.17) is 0 Å². The quantitative estimate of drug-likeness (QED) is 0.596. The lowest BCUT2D eigenvalue weighted by Gasteiger charge is -2.13. The van der Waals surface area contributed by atoms with Gasteiger partial charge in [0.2, 0.25) is 0 Å². The smallest absolute Gasteiger partial charge is 0.00337 e. The van der Waals surface area contributed by atoms with Crippen LogP contribution in [0, 0.1) is 0 Å². The molecule has 0 N–H and O–H groups in total. The van der Waals surface area contributed by atoms with E-state index in [0.717, 1.165) is 0 Å². The Bertz CT molecular complexity index is 673. The molecule has 3 aromatic rings. The van der Waals surface area contributed by atoms with Crippen molar-refractivity contribution in [1.29, 1.82) is 0 Å². The molecule has 0 radical (unpaired) electrons. The summed E-state index contributed by atoms with van der Waals surface area (Å²) in [6, 6.07) is 27.5. The molecule has 0 amide bonds. The van der Waals surface area contributed by atoms with Crippen LogP contribution < -0.4 is 5.30 Å². The van der Waals surface area contributed by atoms with Gasteiger partial charge in [-0.05, 0) is 27.6 Å². The molecule has 0 aliphatic rings.